The first-order chi connectivity index (χ1) is 8.75. The second-order valence-corrected chi connectivity index (χ2v) is 4.97. The van der Waals surface area contributed by atoms with E-state index in [0.29, 0.717) is 0 Å². The maximum atomic E-state index is 3.43. The van der Waals surface area contributed by atoms with E-state index in [1.807, 2.05) is 0 Å². The molecule has 2 N–H and O–H groups in total. The Bertz CT molecular complexity index is 476. The van der Waals surface area contributed by atoms with Crippen LogP contribution in [0.1, 0.15) is 11.1 Å². The van der Waals surface area contributed by atoms with Crippen molar-refractivity contribution in [3.8, 4) is 0 Å². The van der Waals surface area contributed by atoms with Gasteiger partial charge in [-0.2, -0.15) is 0 Å². The monoisotopic (exact) mass is 244 g/mol. The van der Waals surface area contributed by atoms with Gasteiger partial charge in [-0.3, -0.25) is 19.8 Å². The summed E-state index contributed by atoms with van der Waals surface area (Å²) >= 11 is 0. The molecule has 0 fully saturated rings. The third kappa shape index (κ3) is 1.88. The summed E-state index contributed by atoms with van der Waals surface area (Å²) in [6.45, 7) is 4.24. The summed E-state index contributed by atoms with van der Waals surface area (Å²) in [5.41, 5.74) is 2.53. The first-order valence-electron chi connectivity index (χ1n) is 6.50. The number of rotatable bonds is 2. The molecule has 0 bridgehead atoms. The first-order valence-corrected chi connectivity index (χ1v) is 6.50. The highest BCUT2D eigenvalue weighted by Gasteiger charge is 2.22. The summed E-state index contributed by atoms with van der Waals surface area (Å²) in [7, 11) is 4.26. The molecule has 0 radical (unpaired) electrons. The molecule has 18 heavy (non-hydrogen) atoms. The molecule has 2 heterocycles. The van der Waals surface area contributed by atoms with Gasteiger partial charge in [0.15, 0.2) is 0 Å². The van der Waals surface area contributed by atoms with Gasteiger partial charge >= 0.3 is 0 Å². The largest absolute Gasteiger partial charge is 0.277 e. The Labute approximate surface area is 108 Å². The second-order valence-electron chi connectivity index (χ2n) is 4.97. The Morgan fingerprint density at radius 3 is 1.44 bits per heavy atom. The second kappa shape index (κ2) is 4.44. The number of nitrogens with zero attached hydrogens (tertiary/aromatic N) is 2. The van der Waals surface area contributed by atoms with Crippen LogP contribution in [0.25, 0.3) is 0 Å². The molecule has 0 saturated carbocycles. The number of likely N-dealkylation sites (N-methyl/N-ethyl adjacent to an activating group) is 2. The number of amidine groups is 2. The Hall–Kier alpha value is -1.84. The normalized spacial score (nSPS) is 19.2. The average Bonchev–Trinajstić information content (AvgIpc) is 2.98. The van der Waals surface area contributed by atoms with E-state index in [4.69, 9.17) is 0 Å². The van der Waals surface area contributed by atoms with Crippen molar-refractivity contribution >= 4 is 11.7 Å². The molecule has 0 atom stereocenters. The lowest BCUT2D eigenvalue weighted by atomic mass is 10.1. The van der Waals surface area contributed by atoms with Crippen LogP contribution in [0, 0.1) is 0 Å². The predicted octanol–water partition coefficient (Wildman–Crippen LogP) is -0.329. The molecule has 1 aromatic rings. The molecule has 4 heteroatoms. The number of hydrogen-bond donors (Lipinski definition) is 2. The predicted molar refractivity (Wildman–Crippen MR) is 72.8 cm³/mol. The van der Waals surface area contributed by atoms with Gasteiger partial charge in [0.2, 0.25) is 0 Å². The van der Waals surface area contributed by atoms with Gasteiger partial charge in [-0.1, -0.05) is 0 Å². The maximum absolute atomic E-state index is 3.43. The van der Waals surface area contributed by atoms with Crippen LogP contribution in [0.5, 0.6) is 0 Å². The topological polar surface area (TPSA) is 30.1 Å². The first kappa shape index (κ1) is 11.3. The van der Waals surface area contributed by atoms with Crippen molar-refractivity contribution in [3.05, 3.63) is 35.4 Å². The van der Waals surface area contributed by atoms with Crippen LogP contribution in [-0.2, 0) is 0 Å². The van der Waals surface area contributed by atoms with Gasteiger partial charge in [0.05, 0.1) is 25.2 Å². The molecule has 0 aliphatic carbocycles. The zero-order chi connectivity index (χ0) is 12.5. The summed E-state index contributed by atoms with van der Waals surface area (Å²) in [6, 6.07) is 8.78. The molecule has 0 aromatic heterocycles. The van der Waals surface area contributed by atoms with Crippen molar-refractivity contribution in [2.45, 2.75) is 0 Å². The van der Waals surface area contributed by atoms with Crippen molar-refractivity contribution < 1.29 is 9.15 Å². The van der Waals surface area contributed by atoms with Crippen LogP contribution in [-0.4, -0.2) is 61.1 Å². The molecule has 94 valence electrons. The summed E-state index contributed by atoms with van der Waals surface area (Å²) in [5, 5.41) is 6.86. The van der Waals surface area contributed by atoms with E-state index in [0.717, 1.165) is 26.2 Å². The molecule has 0 spiro atoms. The van der Waals surface area contributed by atoms with Gasteiger partial charge < -0.3 is 0 Å². The average molecular weight is 244 g/mol. The lowest BCUT2D eigenvalue weighted by Crippen LogP contribution is -2.24. The zero-order valence-electron chi connectivity index (χ0n) is 11.0. The third-order valence-electron chi connectivity index (χ3n) is 3.67. The SMILES string of the molecule is C[N+]1=C(c2ccc(C3=[N+](C)CCN3)cc2)NCC1. The summed E-state index contributed by atoms with van der Waals surface area (Å²) in [5.74, 6) is 2.47. The van der Waals surface area contributed by atoms with Crippen molar-refractivity contribution in [1.82, 2.24) is 10.6 Å². The van der Waals surface area contributed by atoms with E-state index in [9.17, 15) is 0 Å². The van der Waals surface area contributed by atoms with E-state index in [1.54, 1.807) is 0 Å². The van der Waals surface area contributed by atoms with Gasteiger partial charge in [0.1, 0.15) is 26.2 Å². The van der Waals surface area contributed by atoms with E-state index in [2.05, 4.69) is 58.1 Å². The highest BCUT2D eigenvalue weighted by atomic mass is 15.2. The molecule has 4 nitrogen and oxygen atoms in total. The minimum Gasteiger partial charge on any atom is -0.270 e. The van der Waals surface area contributed by atoms with Crippen LogP contribution in [0.4, 0.5) is 0 Å². The quantitative estimate of drug-likeness (QED) is 0.698. The van der Waals surface area contributed by atoms with Crippen molar-refractivity contribution in [1.29, 1.82) is 0 Å². The molecule has 0 amide bonds. The molecule has 0 saturated heterocycles. The number of hydrogen-bond acceptors (Lipinski definition) is 2. The summed E-state index contributed by atoms with van der Waals surface area (Å²) in [4.78, 5) is 0. The fourth-order valence-corrected chi connectivity index (χ4v) is 2.61. The smallest absolute Gasteiger partial charge is 0.270 e. The standard InChI is InChI=1S/C14H18N4/c1-17-9-7-15-13(17)11-3-5-12(6-4-11)14-16-8-10-18(14)2/h3-6H,7-10H2,1-2H3/p+2. The minimum absolute atomic E-state index is 1.04. The number of nitrogens with one attached hydrogen (secondary N) is 2. The molecule has 0 unspecified atom stereocenters. The van der Waals surface area contributed by atoms with Gasteiger partial charge in [-0.15, -0.1) is 0 Å². The minimum atomic E-state index is 1.04. The van der Waals surface area contributed by atoms with Crippen LogP contribution < -0.4 is 10.6 Å². The van der Waals surface area contributed by atoms with Crippen LogP contribution in [0.2, 0.25) is 0 Å². The Balaban J connectivity index is 1.90. The lowest BCUT2D eigenvalue weighted by molar-refractivity contribution is -0.486. The highest BCUT2D eigenvalue weighted by molar-refractivity contribution is 5.99. The Kier molecular flexibility index (Phi) is 2.78. The maximum Gasteiger partial charge on any atom is 0.277 e. The zero-order valence-corrected chi connectivity index (χ0v) is 11.0. The highest BCUT2D eigenvalue weighted by Crippen LogP contribution is 2.08. The van der Waals surface area contributed by atoms with E-state index < -0.39 is 0 Å². The fraction of sp³-hybridized carbons (Fsp3) is 0.429. The van der Waals surface area contributed by atoms with Gasteiger partial charge in [-0.25, -0.2) is 0 Å². The Morgan fingerprint density at radius 1 is 0.778 bits per heavy atom. The molecular weight excluding hydrogens is 224 g/mol. The van der Waals surface area contributed by atoms with E-state index in [1.165, 1.54) is 22.8 Å². The van der Waals surface area contributed by atoms with Crippen LogP contribution in [0.15, 0.2) is 24.3 Å². The van der Waals surface area contributed by atoms with Crippen LogP contribution in [0.3, 0.4) is 0 Å². The third-order valence-corrected chi connectivity index (χ3v) is 3.67. The summed E-state index contributed by atoms with van der Waals surface area (Å²) < 4.78 is 4.53. The van der Waals surface area contributed by atoms with E-state index in [-0.39, 0.29) is 0 Å². The lowest BCUT2D eigenvalue weighted by Gasteiger charge is -2.02. The van der Waals surface area contributed by atoms with Crippen molar-refractivity contribution in [3.63, 3.8) is 0 Å². The molecule has 1 aromatic carbocycles. The van der Waals surface area contributed by atoms with Crippen LogP contribution >= 0.6 is 0 Å². The molecule has 2 aliphatic heterocycles. The van der Waals surface area contributed by atoms with E-state index >= 15 is 0 Å². The molecule has 3 rings (SSSR count). The van der Waals surface area contributed by atoms with Gasteiger partial charge in [0, 0.05) is 0 Å². The molecular formula is C14H20N4+2. The molecule has 2 aliphatic rings. The van der Waals surface area contributed by atoms with Crippen molar-refractivity contribution in [2.75, 3.05) is 40.3 Å². The van der Waals surface area contributed by atoms with Gasteiger partial charge in [0.25, 0.3) is 11.7 Å². The fourth-order valence-electron chi connectivity index (χ4n) is 2.61. The summed E-state index contributed by atoms with van der Waals surface area (Å²) in [6.07, 6.45) is 0. The van der Waals surface area contributed by atoms with Gasteiger partial charge in [-0.05, 0) is 24.3 Å². The number of benzene rings is 1. The Morgan fingerprint density at radius 2 is 1.17 bits per heavy atom. The van der Waals surface area contributed by atoms with Crippen molar-refractivity contribution in [2.24, 2.45) is 0 Å².